The van der Waals surface area contributed by atoms with Crippen molar-refractivity contribution in [2.75, 3.05) is 17.2 Å². The van der Waals surface area contributed by atoms with Crippen LogP contribution < -0.4 is 10.6 Å². The average molecular weight is 247 g/mol. The topological polar surface area (TPSA) is 75.9 Å². The summed E-state index contributed by atoms with van der Waals surface area (Å²) in [6, 6.07) is 3.71. The van der Waals surface area contributed by atoms with Gasteiger partial charge in [-0.25, -0.2) is 9.97 Å². The summed E-state index contributed by atoms with van der Waals surface area (Å²) in [6.45, 7) is 5.49. The number of nitrogens with one attached hydrogen (secondary N) is 2. The molecule has 0 fully saturated rings. The van der Waals surface area contributed by atoms with Gasteiger partial charge in [0, 0.05) is 25.1 Å². The van der Waals surface area contributed by atoms with E-state index in [0.717, 1.165) is 36.1 Å². The standard InChI is InChI=1S/C12H17N5O/c1-3-10-15-11(13-4-2)7-12(16-10)14-8-9-5-6-18-17-9/h5-7H,3-4,8H2,1-2H3,(H2,13,14,15,16). The molecule has 2 aromatic heterocycles. The van der Waals surface area contributed by atoms with Crippen LogP contribution in [0.25, 0.3) is 0 Å². The molecule has 0 aromatic carbocycles. The Morgan fingerprint density at radius 1 is 1.17 bits per heavy atom. The van der Waals surface area contributed by atoms with Crippen molar-refractivity contribution >= 4 is 11.6 Å². The minimum absolute atomic E-state index is 0.586. The summed E-state index contributed by atoms with van der Waals surface area (Å²) in [5.41, 5.74) is 0.844. The zero-order valence-electron chi connectivity index (χ0n) is 10.6. The molecule has 2 N–H and O–H groups in total. The molecule has 0 amide bonds. The van der Waals surface area contributed by atoms with Crippen LogP contribution in [0.4, 0.5) is 11.6 Å². The minimum atomic E-state index is 0.586. The van der Waals surface area contributed by atoms with E-state index in [-0.39, 0.29) is 0 Å². The summed E-state index contributed by atoms with van der Waals surface area (Å²) in [5.74, 6) is 2.45. The Bertz CT molecular complexity index is 483. The van der Waals surface area contributed by atoms with Crippen LogP contribution in [0.3, 0.4) is 0 Å². The summed E-state index contributed by atoms with van der Waals surface area (Å²) >= 11 is 0. The van der Waals surface area contributed by atoms with Crippen LogP contribution in [0.2, 0.25) is 0 Å². The zero-order valence-corrected chi connectivity index (χ0v) is 10.6. The lowest BCUT2D eigenvalue weighted by molar-refractivity contribution is 0.412. The fraction of sp³-hybridized carbons (Fsp3) is 0.417. The van der Waals surface area contributed by atoms with Crippen LogP contribution in [-0.4, -0.2) is 21.7 Å². The van der Waals surface area contributed by atoms with E-state index in [2.05, 4.69) is 25.8 Å². The third-order valence-corrected chi connectivity index (χ3v) is 2.39. The van der Waals surface area contributed by atoms with E-state index in [1.807, 2.05) is 26.0 Å². The maximum absolute atomic E-state index is 4.78. The Balaban J connectivity index is 2.08. The van der Waals surface area contributed by atoms with Gasteiger partial charge in [0.15, 0.2) is 0 Å². The fourth-order valence-electron chi connectivity index (χ4n) is 1.53. The Hall–Kier alpha value is -2.11. The van der Waals surface area contributed by atoms with Crippen LogP contribution in [0.15, 0.2) is 22.9 Å². The maximum Gasteiger partial charge on any atom is 0.132 e. The number of rotatable bonds is 6. The number of hydrogen-bond donors (Lipinski definition) is 2. The van der Waals surface area contributed by atoms with Crippen molar-refractivity contribution in [3.05, 3.63) is 29.9 Å². The molecular weight excluding hydrogens is 230 g/mol. The summed E-state index contributed by atoms with van der Waals surface area (Å²) in [4.78, 5) is 8.80. The summed E-state index contributed by atoms with van der Waals surface area (Å²) in [6.07, 6.45) is 2.36. The Morgan fingerprint density at radius 2 is 1.94 bits per heavy atom. The first-order valence-corrected chi connectivity index (χ1v) is 6.06. The van der Waals surface area contributed by atoms with Gasteiger partial charge in [-0.2, -0.15) is 0 Å². The van der Waals surface area contributed by atoms with E-state index < -0.39 is 0 Å². The van der Waals surface area contributed by atoms with Crippen molar-refractivity contribution in [1.29, 1.82) is 0 Å². The molecule has 0 radical (unpaired) electrons. The van der Waals surface area contributed by atoms with E-state index in [1.54, 1.807) is 6.26 Å². The highest BCUT2D eigenvalue weighted by Crippen LogP contribution is 2.12. The number of nitrogens with zero attached hydrogens (tertiary/aromatic N) is 3. The van der Waals surface area contributed by atoms with E-state index in [9.17, 15) is 0 Å². The molecule has 0 aliphatic carbocycles. The second-order valence-electron chi connectivity index (χ2n) is 3.78. The quantitative estimate of drug-likeness (QED) is 0.813. The molecule has 2 aromatic rings. The van der Waals surface area contributed by atoms with Gasteiger partial charge in [-0.15, -0.1) is 0 Å². The van der Waals surface area contributed by atoms with E-state index in [0.29, 0.717) is 6.54 Å². The molecule has 2 heterocycles. The van der Waals surface area contributed by atoms with Gasteiger partial charge in [-0.05, 0) is 6.92 Å². The van der Waals surface area contributed by atoms with Crippen LogP contribution in [0, 0.1) is 0 Å². The summed E-state index contributed by atoms with van der Waals surface area (Å²) < 4.78 is 4.78. The molecule has 0 aliphatic rings. The van der Waals surface area contributed by atoms with E-state index >= 15 is 0 Å². The third kappa shape index (κ3) is 3.19. The zero-order chi connectivity index (χ0) is 12.8. The number of aryl methyl sites for hydroxylation is 1. The molecule has 0 saturated carbocycles. The molecule has 0 spiro atoms. The Morgan fingerprint density at radius 3 is 2.56 bits per heavy atom. The van der Waals surface area contributed by atoms with E-state index in [1.165, 1.54) is 0 Å². The molecule has 0 bridgehead atoms. The van der Waals surface area contributed by atoms with Crippen molar-refractivity contribution in [2.24, 2.45) is 0 Å². The van der Waals surface area contributed by atoms with Crippen molar-refractivity contribution in [3.8, 4) is 0 Å². The van der Waals surface area contributed by atoms with Gasteiger partial charge in [0.2, 0.25) is 0 Å². The second-order valence-corrected chi connectivity index (χ2v) is 3.78. The van der Waals surface area contributed by atoms with Gasteiger partial charge in [0.1, 0.15) is 29.4 Å². The van der Waals surface area contributed by atoms with Crippen molar-refractivity contribution < 1.29 is 4.52 Å². The smallest absolute Gasteiger partial charge is 0.132 e. The third-order valence-electron chi connectivity index (χ3n) is 2.39. The largest absolute Gasteiger partial charge is 0.370 e. The number of anilines is 2. The lowest BCUT2D eigenvalue weighted by Gasteiger charge is -2.08. The maximum atomic E-state index is 4.78. The van der Waals surface area contributed by atoms with E-state index in [4.69, 9.17) is 4.52 Å². The monoisotopic (exact) mass is 247 g/mol. The van der Waals surface area contributed by atoms with Crippen LogP contribution in [-0.2, 0) is 13.0 Å². The molecule has 0 aliphatic heterocycles. The highest BCUT2D eigenvalue weighted by Gasteiger charge is 2.03. The molecule has 6 heteroatoms. The second kappa shape index (κ2) is 6.00. The molecule has 18 heavy (non-hydrogen) atoms. The molecule has 96 valence electrons. The van der Waals surface area contributed by atoms with Crippen molar-refractivity contribution in [2.45, 2.75) is 26.8 Å². The van der Waals surface area contributed by atoms with Gasteiger partial charge in [-0.1, -0.05) is 12.1 Å². The summed E-state index contributed by atoms with van der Waals surface area (Å²) in [7, 11) is 0. The highest BCUT2D eigenvalue weighted by molar-refractivity contribution is 5.47. The molecule has 0 unspecified atom stereocenters. The SMILES string of the molecule is CCNc1cc(NCc2ccon2)nc(CC)n1. The number of hydrogen-bond acceptors (Lipinski definition) is 6. The van der Waals surface area contributed by atoms with Crippen molar-refractivity contribution in [3.63, 3.8) is 0 Å². The van der Waals surface area contributed by atoms with Gasteiger partial charge >= 0.3 is 0 Å². The van der Waals surface area contributed by atoms with Gasteiger partial charge in [-0.3, -0.25) is 0 Å². The fourth-order valence-corrected chi connectivity index (χ4v) is 1.53. The minimum Gasteiger partial charge on any atom is -0.370 e. The average Bonchev–Trinajstić information content (AvgIpc) is 2.89. The van der Waals surface area contributed by atoms with Crippen LogP contribution in [0.1, 0.15) is 25.4 Å². The summed E-state index contributed by atoms with van der Waals surface area (Å²) in [5, 5.41) is 10.2. The lowest BCUT2D eigenvalue weighted by Crippen LogP contribution is -2.07. The first kappa shape index (κ1) is 12.3. The predicted octanol–water partition coefficient (Wildman–Crippen LogP) is 2.07. The molecule has 6 nitrogen and oxygen atoms in total. The number of aromatic nitrogens is 3. The normalized spacial score (nSPS) is 10.3. The Kier molecular flexibility index (Phi) is 4.11. The van der Waals surface area contributed by atoms with Gasteiger partial charge < -0.3 is 15.2 Å². The van der Waals surface area contributed by atoms with Crippen LogP contribution >= 0.6 is 0 Å². The molecule has 0 saturated heterocycles. The lowest BCUT2D eigenvalue weighted by atomic mass is 10.4. The molecule has 0 atom stereocenters. The first-order valence-electron chi connectivity index (χ1n) is 6.06. The molecule has 2 rings (SSSR count). The predicted molar refractivity (Wildman–Crippen MR) is 69.4 cm³/mol. The molecular formula is C12H17N5O. The highest BCUT2D eigenvalue weighted by atomic mass is 16.5. The first-order chi connectivity index (χ1) is 8.81. The van der Waals surface area contributed by atoms with Gasteiger partial charge in [0.25, 0.3) is 0 Å². The van der Waals surface area contributed by atoms with Crippen molar-refractivity contribution in [1.82, 2.24) is 15.1 Å². The Labute approximate surface area is 106 Å². The van der Waals surface area contributed by atoms with Gasteiger partial charge in [0.05, 0.1) is 6.54 Å². The van der Waals surface area contributed by atoms with Crippen LogP contribution in [0.5, 0.6) is 0 Å².